The zero-order chi connectivity index (χ0) is 20.8. The van der Waals surface area contributed by atoms with E-state index in [1.165, 1.54) is 19.3 Å². The molecule has 158 valence electrons. The quantitative estimate of drug-likeness (QED) is 0.528. The first-order chi connectivity index (χ1) is 15.3. The van der Waals surface area contributed by atoms with E-state index in [2.05, 4.69) is 47.7 Å². The number of benzene rings is 1. The summed E-state index contributed by atoms with van der Waals surface area (Å²) in [7, 11) is 2.09. The molecule has 9 heteroatoms. The molecule has 2 bridgehead atoms. The van der Waals surface area contributed by atoms with Crippen LogP contribution in [0.2, 0.25) is 0 Å². The van der Waals surface area contributed by atoms with Crippen LogP contribution in [0.15, 0.2) is 43.0 Å². The SMILES string of the molecule is CN(c1ncc(-c2ccc(-n3cccn3)c3[nH]ncc23)nn1)C1C[C@@H]2CCC[C@@H](C1)N2. The van der Waals surface area contributed by atoms with Crippen LogP contribution in [0, 0.1) is 0 Å². The van der Waals surface area contributed by atoms with E-state index in [0.717, 1.165) is 40.7 Å². The van der Waals surface area contributed by atoms with E-state index < -0.39 is 0 Å². The van der Waals surface area contributed by atoms with Crippen molar-refractivity contribution in [1.82, 2.24) is 40.5 Å². The molecule has 6 rings (SSSR count). The van der Waals surface area contributed by atoms with Crippen LogP contribution in [-0.4, -0.2) is 60.3 Å². The van der Waals surface area contributed by atoms with Crippen LogP contribution in [0.25, 0.3) is 27.8 Å². The molecule has 2 saturated heterocycles. The largest absolute Gasteiger partial charge is 0.339 e. The second-order valence-electron chi connectivity index (χ2n) is 8.61. The Bertz CT molecular complexity index is 1170. The summed E-state index contributed by atoms with van der Waals surface area (Å²) in [5.74, 6) is 0.685. The third kappa shape index (κ3) is 3.25. The van der Waals surface area contributed by atoms with Crippen LogP contribution >= 0.6 is 0 Å². The molecule has 4 aromatic rings. The highest BCUT2D eigenvalue weighted by Crippen LogP contribution is 2.31. The standard InChI is InChI=1S/C22H25N9/c1-30(16-10-14-4-2-5-15(11-16)26-14)22-23-13-19(27-29-22)17-6-7-20(31-9-3-8-25-31)21-18(17)12-24-28-21/h3,6-9,12-16,26H,2,4-5,10-11H2,1H3,(H,24,28)/t14-,15-/m0/s1. The van der Waals surface area contributed by atoms with Gasteiger partial charge in [-0.3, -0.25) is 5.10 Å². The zero-order valence-electron chi connectivity index (χ0n) is 17.4. The number of fused-ring (bicyclic) bond motifs is 3. The highest BCUT2D eigenvalue weighted by atomic mass is 15.3. The first kappa shape index (κ1) is 18.4. The van der Waals surface area contributed by atoms with Crippen molar-refractivity contribution in [3.8, 4) is 16.9 Å². The Kier molecular flexibility index (Phi) is 4.41. The second kappa shape index (κ2) is 7.42. The van der Waals surface area contributed by atoms with Crippen LogP contribution in [0.4, 0.5) is 5.95 Å². The van der Waals surface area contributed by atoms with Gasteiger partial charge in [0.2, 0.25) is 5.95 Å². The van der Waals surface area contributed by atoms with E-state index >= 15 is 0 Å². The molecule has 2 aliphatic rings. The third-order valence-electron chi connectivity index (χ3n) is 6.72. The first-order valence-electron chi connectivity index (χ1n) is 10.9. The second-order valence-corrected chi connectivity index (χ2v) is 8.61. The van der Waals surface area contributed by atoms with E-state index in [9.17, 15) is 0 Å². The van der Waals surface area contributed by atoms with Crippen molar-refractivity contribution < 1.29 is 0 Å². The van der Waals surface area contributed by atoms with E-state index in [4.69, 9.17) is 0 Å². The molecule has 2 aliphatic heterocycles. The minimum Gasteiger partial charge on any atom is -0.339 e. The van der Waals surface area contributed by atoms with Gasteiger partial charge in [0.25, 0.3) is 0 Å². The molecule has 2 fully saturated rings. The maximum Gasteiger partial charge on any atom is 0.245 e. The molecule has 2 atom stereocenters. The fraction of sp³-hybridized carbons (Fsp3) is 0.409. The lowest BCUT2D eigenvalue weighted by molar-refractivity contribution is 0.218. The molecule has 0 spiro atoms. The smallest absolute Gasteiger partial charge is 0.245 e. The van der Waals surface area contributed by atoms with Crippen LogP contribution in [0.3, 0.4) is 0 Å². The van der Waals surface area contributed by atoms with Gasteiger partial charge in [-0.1, -0.05) is 6.42 Å². The van der Waals surface area contributed by atoms with Gasteiger partial charge in [-0.25, -0.2) is 9.67 Å². The molecule has 0 amide bonds. The lowest BCUT2D eigenvalue weighted by Gasteiger charge is -2.43. The van der Waals surface area contributed by atoms with E-state index in [-0.39, 0.29) is 0 Å². The average Bonchev–Trinajstić information content (AvgIpc) is 3.50. The summed E-state index contributed by atoms with van der Waals surface area (Å²) >= 11 is 0. The lowest BCUT2D eigenvalue weighted by atomic mass is 9.83. The maximum absolute atomic E-state index is 4.67. The van der Waals surface area contributed by atoms with Gasteiger partial charge in [0, 0.05) is 48.5 Å². The molecule has 3 aromatic heterocycles. The maximum atomic E-state index is 4.67. The normalized spacial score (nSPS) is 23.2. The Morgan fingerprint density at radius 3 is 2.71 bits per heavy atom. The topological polar surface area (TPSA) is 100 Å². The van der Waals surface area contributed by atoms with Gasteiger partial charge in [-0.05, 0) is 43.9 Å². The Hall–Kier alpha value is -3.33. The number of piperidine rings is 2. The summed E-state index contributed by atoms with van der Waals surface area (Å²) in [5.41, 5.74) is 3.53. The van der Waals surface area contributed by atoms with Gasteiger partial charge < -0.3 is 10.2 Å². The highest BCUT2D eigenvalue weighted by molar-refractivity contribution is 5.97. The monoisotopic (exact) mass is 415 g/mol. The van der Waals surface area contributed by atoms with Gasteiger partial charge in [0.05, 0.1) is 23.6 Å². The van der Waals surface area contributed by atoms with Gasteiger partial charge >= 0.3 is 0 Å². The van der Waals surface area contributed by atoms with E-state index in [0.29, 0.717) is 24.1 Å². The number of hydrogen-bond acceptors (Lipinski definition) is 7. The van der Waals surface area contributed by atoms with Crippen molar-refractivity contribution in [1.29, 1.82) is 0 Å². The van der Waals surface area contributed by atoms with Crippen LogP contribution in [-0.2, 0) is 0 Å². The van der Waals surface area contributed by atoms with Gasteiger partial charge in [-0.15, -0.1) is 10.2 Å². The van der Waals surface area contributed by atoms with Crippen molar-refractivity contribution in [3.63, 3.8) is 0 Å². The molecule has 2 N–H and O–H groups in total. The van der Waals surface area contributed by atoms with Crippen LogP contribution in [0.5, 0.6) is 0 Å². The van der Waals surface area contributed by atoms with Crippen molar-refractivity contribution in [2.45, 2.75) is 50.2 Å². The average molecular weight is 416 g/mol. The van der Waals surface area contributed by atoms with Crippen LogP contribution < -0.4 is 10.2 Å². The fourth-order valence-electron chi connectivity index (χ4n) is 5.12. The first-order valence-corrected chi connectivity index (χ1v) is 10.9. The minimum absolute atomic E-state index is 0.457. The van der Waals surface area contributed by atoms with Gasteiger partial charge in [-0.2, -0.15) is 10.2 Å². The summed E-state index contributed by atoms with van der Waals surface area (Å²) in [4.78, 5) is 6.88. The van der Waals surface area contributed by atoms with Gasteiger partial charge in [0.1, 0.15) is 5.69 Å². The Balaban J connectivity index is 1.28. The summed E-state index contributed by atoms with van der Waals surface area (Å²) in [6.45, 7) is 0. The minimum atomic E-state index is 0.457. The lowest BCUT2D eigenvalue weighted by Crippen LogP contribution is -2.54. The molecule has 0 unspecified atom stereocenters. The molecule has 5 heterocycles. The molecular formula is C22H25N9. The predicted molar refractivity (Wildman–Crippen MR) is 118 cm³/mol. The van der Waals surface area contributed by atoms with Crippen molar-refractivity contribution in [2.75, 3.05) is 11.9 Å². The number of rotatable bonds is 4. The number of nitrogens with zero attached hydrogens (tertiary/aromatic N) is 7. The number of hydrogen-bond donors (Lipinski definition) is 2. The Morgan fingerprint density at radius 1 is 1.10 bits per heavy atom. The number of H-pyrrole nitrogens is 1. The summed E-state index contributed by atoms with van der Waals surface area (Å²) < 4.78 is 1.82. The predicted octanol–water partition coefficient (Wildman–Crippen LogP) is 2.71. The zero-order valence-corrected chi connectivity index (χ0v) is 17.4. The molecule has 31 heavy (non-hydrogen) atoms. The van der Waals surface area contributed by atoms with E-state index in [1.54, 1.807) is 6.20 Å². The molecule has 0 radical (unpaired) electrons. The van der Waals surface area contributed by atoms with Crippen molar-refractivity contribution >= 4 is 16.9 Å². The third-order valence-corrected chi connectivity index (χ3v) is 6.72. The Morgan fingerprint density at radius 2 is 1.97 bits per heavy atom. The summed E-state index contributed by atoms with van der Waals surface area (Å²) in [5, 5.41) is 25.4. The highest BCUT2D eigenvalue weighted by Gasteiger charge is 2.33. The van der Waals surface area contributed by atoms with Crippen molar-refractivity contribution in [2.24, 2.45) is 0 Å². The molecular weight excluding hydrogens is 390 g/mol. The number of aromatic nitrogens is 7. The number of aromatic amines is 1. The van der Waals surface area contributed by atoms with Crippen LogP contribution in [0.1, 0.15) is 32.1 Å². The molecule has 0 aliphatic carbocycles. The summed E-state index contributed by atoms with van der Waals surface area (Å²) in [6.07, 6.45) is 13.5. The van der Waals surface area contributed by atoms with Gasteiger partial charge in [0.15, 0.2) is 0 Å². The molecule has 1 aromatic carbocycles. The summed E-state index contributed by atoms with van der Waals surface area (Å²) in [6, 6.07) is 7.63. The van der Waals surface area contributed by atoms with Crippen molar-refractivity contribution in [3.05, 3.63) is 43.0 Å². The molecule has 0 saturated carbocycles. The fourth-order valence-corrected chi connectivity index (χ4v) is 5.12. The Labute approximate surface area is 179 Å². The molecule has 9 nitrogen and oxygen atoms in total. The number of nitrogens with one attached hydrogen (secondary N) is 2. The van der Waals surface area contributed by atoms with E-state index in [1.807, 2.05) is 41.5 Å². The number of anilines is 1.